The third-order valence-corrected chi connectivity index (χ3v) is 3.18. The van der Waals surface area contributed by atoms with E-state index in [2.05, 4.69) is 10.6 Å². The molecular weight excluding hydrogens is 292 g/mol. The molecule has 1 aromatic rings. The van der Waals surface area contributed by atoms with Gasteiger partial charge in [0.15, 0.2) is 0 Å². The molecule has 0 aliphatic carbocycles. The Morgan fingerprint density at radius 1 is 1.48 bits per heavy atom. The summed E-state index contributed by atoms with van der Waals surface area (Å²) in [6.07, 6.45) is 1.57. The van der Waals surface area contributed by atoms with Crippen LogP contribution in [0.25, 0.3) is 0 Å². The molecule has 118 valence electrons. The molecule has 1 unspecified atom stereocenters. The summed E-state index contributed by atoms with van der Waals surface area (Å²) in [4.78, 5) is 11.7. The molecule has 21 heavy (non-hydrogen) atoms. The number of ether oxygens (including phenoxy) is 1. The first-order valence-corrected chi connectivity index (χ1v) is 7.52. The molecule has 3 N–H and O–H groups in total. The molecule has 0 fully saturated rings. The van der Waals surface area contributed by atoms with Crippen LogP contribution in [0.15, 0.2) is 18.2 Å². The maximum absolute atomic E-state index is 11.7. The second kappa shape index (κ2) is 9.47. The van der Waals surface area contributed by atoms with Gasteiger partial charge in [-0.1, -0.05) is 25.4 Å². The Labute approximate surface area is 130 Å². The number of nitrogens with one attached hydrogen (secondary N) is 2. The molecule has 1 aromatic carbocycles. The molecule has 6 heteroatoms. The number of carbonyl (C=O) groups is 1. The number of aliphatic hydroxyl groups is 1. The molecule has 0 aliphatic rings. The molecule has 0 aliphatic heterocycles. The zero-order valence-corrected chi connectivity index (χ0v) is 13.2. The van der Waals surface area contributed by atoms with Gasteiger partial charge >= 0.3 is 6.03 Å². The highest BCUT2D eigenvalue weighted by Crippen LogP contribution is 2.27. The number of carbonyl (C=O) groups excluding carboxylic acids is 1. The Morgan fingerprint density at radius 3 is 2.86 bits per heavy atom. The zero-order valence-electron chi connectivity index (χ0n) is 12.5. The standard InChI is InChI=1S/C15H23ClN2O3/c1-3-8-21-14-5-4-12(9-13(14)16)18-15(20)17-10-11(2)6-7-19/h4-5,9,11,19H,3,6-8,10H2,1-2H3,(H2,17,18,20). The highest BCUT2D eigenvalue weighted by atomic mass is 35.5. The van der Waals surface area contributed by atoms with Crippen LogP contribution in [0.2, 0.25) is 5.02 Å². The van der Waals surface area contributed by atoms with Crippen LogP contribution in [0.3, 0.4) is 0 Å². The number of aliphatic hydroxyl groups excluding tert-OH is 1. The van der Waals surface area contributed by atoms with E-state index in [0.717, 1.165) is 6.42 Å². The van der Waals surface area contributed by atoms with Gasteiger partial charge in [0, 0.05) is 18.8 Å². The van der Waals surface area contributed by atoms with Crippen LogP contribution < -0.4 is 15.4 Å². The number of benzene rings is 1. The van der Waals surface area contributed by atoms with Crippen LogP contribution in [0, 0.1) is 5.92 Å². The van der Waals surface area contributed by atoms with E-state index in [1.807, 2.05) is 13.8 Å². The van der Waals surface area contributed by atoms with Crippen LogP contribution in [0.1, 0.15) is 26.7 Å². The smallest absolute Gasteiger partial charge is 0.319 e. The molecule has 1 rings (SSSR count). The molecule has 0 radical (unpaired) electrons. The topological polar surface area (TPSA) is 70.6 Å². The van der Waals surface area contributed by atoms with E-state index in [9.17, 15) is 4.79 Å². The van der Waals surface area contributed by atoms with E-state index in [4.69, 9.17) is 21.4 Å². The van der Waals surface area contributed by atoms with Crippen molar-refractivity contribution in [3.63, 3.8) is 0 Å². The molecule has 2 amide bonds. The van der Waals surface area contributed by atoms with Gasteiger partial charge in [-0.25, -0.2) is 4.79 Å². The van der Waals surface area contributed by atoms with Crippen LogP contribution in [0.4, 0.5) is 10.5 Å². The first-order valence-electron chi connectivity index (χ1n) is 7.14. The molecule has 0 heterocycles. The molecule has 0 saturated carbocycles. The van der Waals surface area contributed by atoms with E-state index in [1.54, 1.807) is 18.2 Å². The predicted molar refractivity (Wildman–Crippen MR) is 85.1 cm³/mol. The number of hydrogen-bond acceptors (Lipinski definition) is 3. The number of rotatable bonds is 8. The summed E-state index contributed by atoms with van der Waals surface area (Å²) < 4.78 is 5.47. The number of amides is 2. The summed E-state index contributed by atoms with van der Waals surface area (Å²) in [5, 5.41) is 14.7. The predicted octanol–water partition coefficient (Wildman–Crippen LogP) is 3.27. The first-order chi connectivity index (χ1) is 10.1. The molecular formula is C15H23ClN2O3. The van der Waals surface area contributed by atoms with Gasteiger partial charge in [-0.15, -0.1) is 0 Å². The molecule has 0 bridgehead atoms. The van der Waals surface area contributed by atoms with Gasteiger partial charge in [-0.05, 0) is 37.0 Å². The zero-order chi connectivity index (χ0) is 15.7. The van der Waals surface area contributed by atoms with Gasteiger partial charge in [-0.2, -0.15) is 0 Å². The minimum Gasteiger partial charge on any atom is -0.492 e. The van der Waals surface area contributed by atoms with Crippen molar-refractivity contribution in [2.24, 2.45) is 5.92 Å². The first kappa shape index (κ1) is 17.6. The lowest BCUT2D eigenvalue weighted by Crippen LogP contribution is -2.32. The summed E-state index contributed by atoms with van der Waals surface area (Å²) >= 11 is 6.09. The summed E-state index contributed by atoms with van der Waals surface area (Å²) in [5.41, 5.74) is 0.608. The van der Waals surface area contributed by atoms with Crippen LogP contribution in [-0.4, -0.2) is 30.9 Å². The van der Waals surface area contributed by atoms with E-state index in [-0.39, 0.29) is 18.6 Å². The summed E-state index contributed by atoms with van der Waals surface area (Å²) in [6, 6.07) is 4.84. The SMILES string of the molecule is CCCOc1ccc(NC(=O)NCC(C)CCO)cc1Cl. The summed E-state index contributed by atoms with van der Waals surface area (Å²) in [5.74, 6) is 0.843. The molecule has 0 spiro atoms. The largest absolute Gasteiger partial charge is 0.492 e. The Kier molecular flexibility index (Phi) is 7.93. The number of anilines is 1. The quantitative estimate of drug-likeness (QED) is 0.689. The third-order valence-electron chi connectivity index (χ3n) is 2.88. The third kappa shape index (κ3) is 6.69. The fourth-order valence-electron chi connectivity index (χ4n) is 1.67. The number of hydrogen-bond donors (Lipinski definition) is 3. The maximum Gasteiger partial charge on any atom is 0.319 e. The maximum atomic E-state index is 11.7. The minimum atomic E-state index is -0.293. The average molecular weight is 315 g/mol. The van der Waals surface area contributed by atoms with Crippen LogP contribution in [0.5, 0.6) is 5.75 Å². The van der Waals surface area contributed by atoms with Crippen molar-refractivity contribution in [3.8, 4) is 5.75 Å². The lowest BCUT2D eigenvalue weighted by molar-refractivity contribution is 0.243. The second-order valence-electron chi connectivity index (χ2n) is 4.95. The van der Waals surface area contributed by atoms with Crippen LogP contribution in [-0.2, 0) is 0 Å². The molecule has 5 nitrogen and oxygen atoms in total. The Bertz CT molecular complexity index is 455. The van der Waals surface area contributed by atoms with Crippen molar-refractivity contribution in [1.82, 2.24) is 5.32 Å². The Hall–Kier alpha value is -1.46. The van der Waals surface area contributed by atoms with E-state index < -0.39 is 0 Å². The van der Waals surface area contributed by atoms with Gasteiger partial charge in [0.2, 0.25) is 0 Å². The Balaban J connectivity index is 2.47. The van der Waals surface area contributed by atoms with E-state index >= 15 is 0 Å². The van der Waals surface area contributed by atoms with Crippen molar-refractivity contribution < 1.29 is 14.6 Å². The van der Waals surface area contributed by atoms with Gasteiger partial charge in [0.1, 0.15) is 5.75 Å². The van der Waals surface area contributed by atoms with Crippen molar-refractivity contribution in [1.29, 1.82) is 0 Å². The minimum absolute atomic E-state index is 0.124. The average Bonchev–Trinajstić information content (AvgIpc) is 2.45. The fourth-order valence-corrected chi connectivity index (χ4v) is 1.91. The van der Waals surface area contributed by atoms with Crippen molar-refractivity contribution in [2.75, 3.05) is 25.1 Å². The Morgan fingerprint density at radius 2 is 2.24 bits per heavy atom. The summed E-state index contributed by atoms with van der Waals surface area (Å²) in [7, 11) is 0. The lowest BCUT2D eigenvalue weighted by atomic mass is 10.1. The van der Waals surface area contributed by atoms with Gasteiger partial charge in [0.05, 0.1) is 11.6 Å². The van der Waals surface area contributed by atoms with E-state index in [1.165, 1.54) is 0 Å². The fraction of sp³-hybridized carbons (Fsp3) is 0.533. The van der Waals surface area contributed by atoms with Gasteiger partial charge in [-0.3, -0.25) is 0 Å². The number of urea groups is 1. The molecule has 0 saturated heterocycles. The van der Waals surface area contributed by atoms with Gasteiger partial charge in [0.25, 0.3) is 0 Å². The van der Waals surface area contributed by atoms with Crippen LogP contribution >= 0.6 is 11.6 Å². The van der Waals surface area contributed by atoms with Crippen molar-refractivity contribution in [2.45, 2.75) is 26.7 Å². The highest BCUT2D eigenvalue weighted by Gasteiger charge is 2.07. The molecule has 0 aromatic heterocycles. The second-order valence-corrected chi connectivity index (χ2v) is 5.35. The van der Waals surface area contributed by atoms with Crippen molar-refractivity contribution in [3.05, 3.63) is 23.2 Å². The normalized spacial score (nSPS) is 11.8. The monoisotopic (exact) mass is 314 g/mol. The molecule has 1 atom stereocenters. The van der Waals surface area contributed by atoms with E-state index in [0.29, 0.717) is 36.0 Å². The highest BCUT2D eigenvalue weighted by molar-refractivity contribution is 6.32. The summed E-state index contributed by atoms with van der Waals surface area (Å²) in [6.45, 7) is 5.23. The van der Waals surface area contributed by atoms with Gasteiger partial charge < -0.3 is 20.5 Å². The number of halogens is 1. The van der Waals surface area contributed by atoms with Crippen molar-refractivity contribution >= 4 is 23.3 Å². The lowest BCUT2D eigenvalue weighted by Gasteiger charge is -2.13.